The molecule has 1 aromatic carbocycles. The Morgan fingerprint density at radius 1 is 1.10 bits per heavy atom. The van der Waals surface area contributed by atoms with Crippen LogP contribution in [0.1, 0.15) is 22.4 Å². The Kier molecular flexibility index (Phi) is 4.37. The molecule has 0 aliphatic carbocycles. The Bertz CT molecular complexity index is 757. The van der Waals surface area contributed by atoms with Crippen LogP contribution in [0.5, 0.6) is 0 Å². The number of aromatic amines is 2. The molecule has 0 saturated heterocycles. The molecule has 2 aromatic rings. The van der Waals surface area contributed by atoms with Gasteiger partial charge in [0.1, 0.15) is 0 Å². The molecule has 110 valence electrons. The number of hydrogen-bond donors (Lipinski definition) is 3. The first-order chi connectivity index (χ1) is 9.95. The first kappa shape index (κ1) is 14.8. The zero-order valence-electron chi connectivity index (χ0n) is 11.9. The molecule has 0 saturated carbocycles. The second-order valence-electron chi connectivity index (χ2n) is 4.95. The molecule has 0 radical (unpaired) electrons. The van der Waals surface area contributed by atoms with E-state index in [1.165, 1.54) is 0 Å². The van der Waals surface area contributed by atoms with E-state index in [0.717, 1.165) is 11.1 Å². The number of aryl methyl sites for hydroxylation is 2. The van der Waals surface area contributed by atoms with Gasteiger partial charge < -0.3 is 10.3 Å². The quantitative estimate of drug-likeness (QED) is 0.766. The predicted octanol–water partition coefficient (Wildman–Crippen LogP) is 0.539. The third kappa shape index (κ3) is 3.92. The lowest BCUT2D eigenvalue weighted by Gasteiger charge is -2.07. The van der Waals surface area contributed by atoms with Gasteiger partial charge in [-0.25, -0.2) is 4.79 Å². The van der Waals surface area contributed by atoms with Crippen molar-refractivity contribution in [1.29, 1.82) is 0 Å². The minimum absolute atomic E-state index is 0.0657. The number of nitrogens with one attached hydrogen (secondary N) is 3. The number of H-pyrrole nitrogens is 2. The fourth-order valence-electron chi connectivity index (χ4n) is 1.97. The van der Waals surface area contributed by atoms with Gasteiger partial charge in [0.05, 0.1) is 6.42 Å². The van der Waals surface area contributed by atoms with Crippen LogP contribution in [0.2, 0.25) is 0 Å². The highest BCUT2D eigenvalue weighted by Gasteiger charge is 2.10. The van der Waals surface area contributed by atoms with Crippen LogP contribution in [0.25, 0.3) is 0 Å². The highest BCUT2D eigenvalue weighted by Crippen LogP contribution is 2.03. The van der Waals surface area contributed by atoms with Crippen LogP contribution in [-0.2, 0) is 17.8 Å². The van der Waals surface area contributed by atoms with E-state index < -0.39 is 11.2 Å². The Morgan fingerprint density at radius 2 is 1.76 bits per heavy atom. The number of carbonyl (C=O) groups excluding carboxylic acids is 1. The lowest BCUT2D eigenvalue weighted by atomic mass is 10.1. The number of hydrogen-bond acceptors (Lipinski definition) is 3. The van der Waals surface area contributed by atoms with Crippen molar-refractivity contribution in [3.8, 4) is 0 Å². The van der Waals surface area contributed by atoms with Crippen molar-refractivity contribution in [3.63, 3.8) is 0 Å². The molecule has 0 atom stereocenters. The van der Waals surface area contributed by atoms with Gasteiger partial charge in [-0.2, -0.15) is 0 Å². The Labute approximate surface area is 121 Å². The average molecular weight is 287 g/mol. The van der Waals surface area contributed by atoms with Gasteiger partial charge in [-0.15, -0.1) is 0 Å². The molecule has 1 heterocycles. The lowest BCUT2D eigenvalue weighted by Crippen LogP contribution is -2.32. The second-order valence-corrected chi connectivity index (χ2v) is 4.95. The number of aromatic nitrogens is 2. The van der Waals surface area contributed by atoms with E-state index in [2.05, 4.69) is 15.3 Å². The Morgan fingerprint density at radius 3 is 2.38 bits per heavy atom. The molecule has 0 spiro atoms. The summed E-state index contributed by atoms with van der Waals surface area (Å²) in [5, 5.41) is 2.75. The van der Waals surface area contributed by atoms with Gasteiger partial charge in [0.15, 0.2) is 0 Å². The SMILES string of the molecule is Cc1ccc(CNC(=O)Cc2c(C)[nH]c(=O)[nH]c2=O)cc1. The van der Waals surface area contributed by atoms with Gasteiger partial charge in [-0.3, -0.25) is 14.6 Å². The van der Waals surface area contributed by atoms with Crippen LogP contribution >= 0.6 is 0 Å². The zero-order chi connectivity index (χ0) is 15.4. The van der Waals surface area contributed by atoms with Gasteiger partial charge in [-0.1, -0.05) is 29.8 Å². The number of carbonyl (C=O) groups is 1. The smallest absolute Gasteiger partial charge is 0.325 e. The normalized spacial score (nSPS) is 10.4. The second kappa shape index (κ2) is 6.21. The first-order valence-corrected chi connectivity index (χ1v) is 6.60. The molecule has 21 heavy (non-hydrogen) atoms. The van der Waals surface area contributed by atoms with Gasteiger partial charge in [0.25, 0.3) is 5.56 Å². The molecule has 0 aliphatic rings. The molecule has 0 aliphatic heterocycles. The van der Waals surface area contributed by atoms with E-state index in [4.69, 9.17) is 0 Å². The van der Waals surface area contributed by atoms with Gasteiger partial charge >= 0.3 is 5.69 Å². The van der Waals surface area contributed by atoms with Gasteiger partial charge in [0, 0.05) is 17.8 Å². The molecule has 3 N–H and O–H groups in total. The van der Waals surface area contributed by atoms with Gasteiger partial charge in [-0.05, 0) is 19.4 Å². The number of benzene rings is 1. The van der Waals surface area contributed by atoms with Crippen molar-refractivity contribution in [1.82, 2.24) is 15.3 Å². The summed E-state index contributed by atoms with van der Waals surface area (Å²) in [5.41, 5.74) is 1.73. The summed E-state index contributed by atoms with van der Waals surface area (Å²) in [6.07, 6.45) is -0.0657. The summed E-state index contributed by atoms with van der Waals surface area (Å²) in [6.45, 7) is 3.99. The van der Waals surface area contributed by atoms with Crippen molar-refractivity contribution in [2.24, 2.45) is 0 Å². The highest BCUT2D eigenvalue weighted by atomic mass is 16.2. The van der Waals surface area contributed by atoms with Crippen LogP contribution < -0.4 is 16.6 Å². The maximum Gasteiger partial charge on any atom is 0.325 e. The molecular formula is C15H17N3O3. The van der Waals surface area contributed by atoms with Crippen molar-refractivity contribution < 1.29 is 4.79 Å². The maximum atomic E-state index is 11.9. The molecule has 6 nitrogen and oxygen atoms in total. The first-order valence-electron chi connectivity index (χ1n) is 6.60. The minimum atomic E-state index is -0.568. The van der Waals surface area contributed by atoms with Crippen molar-refractivity contribution in [2.45, 2.75) is 26.8 Å². The fourth-order valence-corrected chi connectivity index (χ4v) is 1.97. The van der Waals surface area contributed by atoms with E-state index >= 15 is 0 Å². The van der Waals surface area contributed by atoms with Crippen molar-refractivity contribution in [3.05, 3.63) is 67.5 Å². The van der Waals surface area contributed by atoms with Crippen LogP contribution in [0.3, 0.4) is 0 Å². The molecule has 0 bridgehead atoms. The largest absolute Gasteiger partial charge is 0.352 e. The third-order valence-electron chi connectivity index (χ3n) is 3.20. The summed E-state index contributed by atoms with van der Waals surface area (Å²) < 4.78 is 0. The van der Waals surface area contributed by atoms with E-state index in [1.807, 2.05) is 31.2 Å². The summed E-state index contributed by atoms with van der Waals surface area (Å²) in [4.78, 5) is 39.2. The van der Waals surface area contributed by atoms with E-state index in [9.17, 15) is 14.4 Å². The topological polar surface area (TPSA) is 94.8 Å². The van der Waals surface area contributed by atoms with Crippen LogP contribution in [-0.4, -0.2) is 15.9 Å². The van der Waals surface area contributed by atoms with Gasteiger partial charge in [0.2, 0.25) is 5.91 Å². The summed E-state index contributed by atoms with van der Waals surface area (Å²) >= 11 is 0. The summed E-state index contributed by atoms with van der Waals surface area (Å²) in [7, 11) is 0. The Balaban J connectivity index is 2.01. The summed E-state index contributed by atoms with van der Waals surface area (Å²) in [6, 6.07) is 7.82. The lowest BCUT2D eigenvalue weighted by molar-refractivity contribution is -0.120. The van der Waals surface area contributed by atoms with E-state index in [0.29, 0.717) is 12.2 Å². The van der Waals surface area contributed by atoms with Crippen LogP contribution in [0, 0.1) is 13.8 Å². The van der Waals surface area contributed by atoms with Crippen LogP contribution in [0.4, 0.5) is 0 Å². The van der Waals surface area contributed by atoms with Crippen molar-refractivity contribution in [2.75, 3.05) is 0 Å². The van der Waals surface area contributed by atoms with E-state index in [-0.39, 0.29) is 17.9 Å². The number of rotatable bonds is 4. The molecular weight excluding hydrogens is 270 g/mol. The molecule has 0 unspecified atom stereocenters. The fraction of sp³-hybridized carbons (Fsp3) is 0.267. The van der Waals surface area contributed by atoms with E-state index in [1.54, 1.807) is 6.92 Å². The maximum absolute atomic E-state index is 11.9. The van der Waals surface area contributed by atoms with Crippen molar-refractivity contribution >= 4 is 5.91 Å². The minimum Gasteiger partial charge on any atom is -0.352 e. The molecule has 0 fully saturated rings. The molecule has 1 aromatic heterocycles. The standard InChI is InChI=1S/C15H17N3O3/c1-9-3-5-11(6-4-9)8-16-13(19)7-12-10(2)17-15(21)18-14(12)20/h3-6H,7-8H2,1-2H3,(H,16,19)(H2,17,18,20,21). The van der Waals surface area contributed by atoms with Crippen LogP contribution in [0.15, 0.2) is 33.9 Å². The molecule has 2 rings (SSSR count). The molecule has 1 amide bonds. The highest BCUT2D eigenvalue weighted by molar-refractivity contribution is 5.78. The Hall–Kier alpha value is -2.63. The predicted molar refractivity (Wildman–Crippen MR) is 79.2 cm³/mol. The monoisotopic (exact) mass is 287 g/mol. The number of amides is 1. The summed E-state index contributed by atoms with van der Waals surface area (Å²) in [5.74, 6) is -0.267. The average Bonchev–Trinajstić information content (AvgIpc) is 2.42. The molecule has 6 heteroatoms. The zero-order valence-corrected chi connectivity index (χ0v) is 11.9. The third-order valence-corrected chi connectivity index (χ3v) is 3.20.